The van der Waals surface area contributed by atoms with Gasteiger partial charge in [0, 0.05) is 54.1 Å². The van der Waals surface area contributed by atoms with Crippen molar-refractivity contribution in [3.63, 3.8) is 0 Å². The Morgan fingerprint density at radius 3 is 2.44 bits per heavy atom. The summed E-state index contributed by atoms with van der Waals surface area (Å²) in [6, 6.07) is 14.4. The van der Waals surface area contributed by atoms with Crippen LogP contribution < -0.4 is 15.0 Å². The minimum atomic E-state index is -0.999. The van der Waals surface area contributed by atoms with Crippen molar-refractivity contribution in [1.29, 1.82) is 5.26 Å². The van der Waals surface area contributed by atoms with Crippen LogP contribution in [0.3, 0.4) is 0 Å². The number of anilines is 1. The van der Waals surface area contributed by atoms with E-state index in [2.05, 4.69) is 53.6 Å². The van der Waals surface area contributed by atoms with Gasteiger partial charge >= 0.3 is 6.09 Å². The lowest BCUT2D eigenvalue weighted by atomic mass is 9.79. The second-order valence-corrected chi connectivity index (χ2v) is 12.8. The molecule has 0 saturated heterocycles. The van der Waals surface area contributed by atoms with E-state index in [-0.39, 0.29) is 29.7 Å². The Morgan fingerprint density at radius 1 is 1.07 bits per heavy atom. The molecule has 2 aromatic heterocycles. The number of rotatable bonds is 10. The number of amides is 2. The Hall–Kier alpha value is -4.39. The normalized spacial score (nSPS) is 21.6. The smallest absolute Gasteiger partial charge is 0.404 e. The fourth-order valence-corrected chi connectivity index (χ4v) is 6.84. The number of benzene rings is 1. The summed E-state index contributed by atoms with van der Waals surface area (Å²) in [7, 11) is 1.55. The van der Waals surface area contributed by atoms with Crippen LogP contribution in [0, 0.1) is 29.1 Å². The molecule has 2 fully saturated rings. The number of hydrogen-bond acceptors (Lipinski definition) is 6. The zero-order valence-corrected chi connectivity index (χ0v) is 26.5. The first kappa shape index (κ1) is 32.0. The highest BCUT2D eigenvalue weighted by atomic mass is 16.5. The fraction of sp³-hybridized carbons (Fsp3) is 0.514. The number of pyridine rings is 1. The molecule has 2 amide bonds. The summed E-state index contributed by atoms with van der Waals surface area (Å²) < 4.78 is 7.22. The first-order valence-electron chi connectivity index (χ1n) is 16.1. The molecule has 0 unspecified atom stereocenters. The topological polar surface area (TPSA) is 133 Å². The average molecular weight is 613 g/mol. The molecule has 0 bridgehead atoms. The first-order chi connectivity index (χ1) is 21.7. The predicted octanol–water partition coefficient (Wildman–Crippen LogP) is 6.79. The van der Waals surface area contributed by atoms with Crippen molar-refractivity contribution in [2.75, 3.05) is 25.1 Å². The number of carbonyl (C=O) groups excluding carboxylic acids is 1. The van der Waals surface area contributed by atoms with E-state index in [1.165, 1.54) is 0 Å². The van der Waals surface area contributed by atoms with Crippen molar-refractivity contribution >= 4 is 17.7 Å². The molecule has 10 heteroatoms. The molecule has 2 saturated carbocycles. The van der Waals surface area contributed by atoms with Crippen LogP contribution in [0.5, 0.6) is 5.75 Å². The number of methoxy groups -OCH3 is 1. The summed E-state index contributed by atoms with van der Waals surface area (Å²) >= 11 is 0. The second kappa shape index (κ2) is 14.6. The monoisotopic (exact) mass is 612 g/mol. The van der Waals surface area contributed by atoms with E-state index in [1.54, 1.807) is 7.11 Å². The lowest BCUT2D eigenvalue weighted by Crippen LogP contribution is -2.42. The van der Waals surface area contributed by atoms with Crippen molar-refractivity contribution in [3.05, 3.63) is 60.2 Å². The third kappa shape index (κ3) is 7.83. The fourth-order valence-electron chi connectivity index (χ4n) is 6.84. The molecule has 238 valence electrons. The predicted molar refractivity (Wildman–Crippen MR) is 172 cm³/mol. The maximum atomic E-state index is 14.3. The summed E-state index contributed by atoms with van der Waals surface area (Å²) in [5.74, 6) is 1.47. The van der Waals surface area contributed by atoms with Gasteiger partial charge in [-0.05, 0) is 107 Å². The molecular formula is C35H44N6O4. The van der Waals surface area contributed by atoms with Gasteiger partial charge < -0.3 is 20.1 Å². The van der Waals surface area contributed by atoms with Gasteiger partial charge in [0.1, 0.15) is 6.07 Å². The SMILES string of the molecule is COc1ccc([C@H]2CC[C@H](CN(c3cccc(-c4cnn(C(C)C)c4)c3)C(=O)[C@H]3CC[C@H](CNC(=O)O)CC3)CC2)nc1C#N. The van der Waals surface area contributed by atoms with E-state index >= 15 is 0 Å². The molecular weight excluding hydrogens is 568 g/mol. The van der Waals surface area contributed by atoms with Gasteiger partial charge in [0.05, 0.1) is 13.3 Å². The Kier molecular flexibility index (Phi) is 10.4. The van der Waals surface area contributed by atoms with E-state index in [1.807, 2.05) is 40.0 Å². The number of hydrogen-bond donors (Lipinski definition) is 2. The number of nitriles is 1. The third-order valence-corrected chi connectivity index (χ3v) is 9.54. The Balaban J connectivity index is 1.32. The van der Waals surface area contributed by atoms with Gasteiger partial charge in [0.15, 0.2) is 11.4 Å². The highest BCUT2D eigenvalue weighted by Gasteiger charge is 2.33. The van der Waals surface area contributed by atoms with Crippen LogP contribution in [-0.2, 0) is 4.79 Å². The van der Waals surface area contributed by atoms with Crippen molar-refractivity contribution in [3.8, 4) is 22.9 Å². The lowest BCUT2D eigenvalue weighted by molar-refractivity contribution is -0.123. The lowest BCUT2D eigenvalue weighted by Gasteiger charge is -2.36. The summed E-state index contributed by atoms with van der Waals surface area (Å²) in [6.07, 6.45) is 9.97. The van der Waals surface area contributed by atoms with Gasteiger partial charge in [-0.15, -0.1) is 0 Å². The van der Waals surface area contributed by atoms with Crippen LogP contribution in [0.4, 0.5) is 10.5 Å². The molecule has 45 heavy (non-hydrogen) atoms. The van der Waals surface area contributed by atoms with E-state index in [9.17, 15) is 14.9 Å². The standard InChI is InChI=1S/C35H44N6O4/c1-23(2)41-22-29(20-38-41)28-5-4-6-30(17-28)40(34(42)27-13-7-24(8-14-27)19-37-35(43)44)21-25-9-11-26(12-10-25)31-15-16-33(45-3)32(18-36)39-31/h4-6,15-17,20,22-27,37H,7-14,19,21H2,1-3H3,(H,43,44)/t24-,25-,26-,27-. The van der Waals surface area contributed by atoms with Gasteiger partial charge in [0.2, 0.25) is 5.91 Å². The minimum absolute atomic E-state index is 0.0809. The van der Waals surface area contributed by atoms with Crippen molar-refractivity contribution in [2.45, 2.75) is 77.2 Å². The maximum Gasteiger partial charge on any atom is 0.404 e. The molecule has 0 spiro atoms. The second-order valence-electron chi connectivity index (χ2n) is 12.8. The van der Waals surface area contributed by atoms with E-state index in [0.29, 0.717) is 30.5 Å². The average Bonchev–Trinajstić information content (AvgIpc) is 3.57. The van der Waals surface area contributed by atoms with Crippen LogP contribution in [0.25, 0.3) is 11.1 Å². The van der Waals surface area contributed by atoms with Crippen LogP contribution in [-0.4, -0.2) is 52.1 Å². The molecule has 2 N–H and O–H groups in total. The number of nitrogens with zero attached hydrogens (tertiary/aromatic N) is 5. The minimum Gasteiger partial charge on any atom is -0.494 e. The molecule has 0 radical (unpaired) electrons. The molecule has 0 aliphatic heterocycles. The number of carbonyl (C=O) groups is 2. The molecule has 5 rings (SSSR count). The van der Waals surface area contributed by atoms with Crippen molar-refractivity contribution in [2.24, 2.45) is 17.8 Å². The van der Waals surface area contributed by atoms with Crippen LogP contribution in [0.1, 0.15) is 88.6 Å². The summed E-state index contributed by atoms with van der Waals surface area (Å²) in [4.78, 5) is 31.8. The van der Waals surface area contributed by atoms with Gasteiger partial charge in [0.25, 0.3) is 0 Å². The highest BCUT2D eigenvalue weighted by Crippen LogP contribution is 2.38. The molecule has 2 aliphatic rings. The Labute approximate surface area is 265 Å². The van der Waals surface area contributed by atoms with Crippen LogP contribution in [0.2, 0.25) is 0 Å². The summed E-state index contributed by atoms with van der Waals surface area (Å²) in [5.41, 5.74) is 4.21. The number of aromatic nitrogens is 3. The van der Waals surface area contributed by atoms with Crippen molar-refractivity contribution in [1.82, 2.24) is 20.1 Å². The summed E-state index contributed by atoms with van der Waals surface area (Å²) in [6.45, 7) is 5.29. The zero-order chi connectivity index (χ0) is 31.9. The molecule has 2 heterocycles. The Bertz CT molecular complexity index is 1510. The first-order valence-corrected chi connectivity index (χ1v) is 16.1. The van der Waals surface area contributed by atoms with Gasteiger partial charge in [-0.3, -0.25) is 9.48 Å². The number of nitrogens with one attached hydrogen (secondary N) is 1. The maximum absolute atomic E-state index is 14.3. The van der Waals surface area contributed by atoms with Crippen LogP contribution in [0.15, 0.2) is 48.8 Å². The summed E-state index contributed by atoms with van der Waals surface area (Å²) in [5, 5.41) is 25.5. The molecule has 3 aromatic rings. The molecule has 1 aromatic carbocycles. The highest BCUT2D eigenvalue weighted by molar-refractivity contribution is 5.95. The Morgan fingerprint density at radius 2 is 1.80 bits per heavy atom. The van der Waals surface area contributed by atoms with E-state index < -0.39 is 6.09 Å². The molecule has 0 atom stereocenters. The van der Waals surface area contributed by atoms with E-state index in [0.717, 1.165) is 73.9 Å². The molecule has 10 nitrogen and oxygen atoms in total. The third-order valence-electron chi connectivity index (χ3n) is 9.54. The van der Waals surface area contributed by atoms with Gasteiger partial charge in [-0.1, -0.05) is 12.1 Å². The number of ether oxygens (including phenoxy) is 1. The largest absolute Gasteiger partial charge is 0.494 e. The molecule has 2 aliphatic carbocycles. The van der Waals surface area contributed by atoms with Crippen LogP contribution >= 0.6 is 0 Å². The van der Waals surface area contributed by atoms with E-state index in [4.69, 9.17) is 9.84 Å². The number of carboxylic acid groups (broad SMARTS) is 1. The zero-order valence-electron chi connectivity index (χ0n) is 26.5. The quantitative estimate of drug-likeness (QED) is 0.258. The van der Waals surface area contributed by atoms with Gasteiger partial charge in [-0.25, -0.2) is 9.78 Å². The van der Waals surface area contributed by atoms with Gasteiger partial charge in [-0.2, -0.15) is 10.4 Å². The van der Waals surface area contributed by atoms with Crippen molar-refractivity contribution < 1.29 is 19.4 Å².